The fraction of sp³-hybridized carbons (Fsp3) is 0.692. The van der Waals surface area contributed by atoms with E-state index in [-0.39, 0.29) is 6.61 Å². The maximum atomic E-state index is 9.87. The third-order valence-electron chi connectivity index (χ3n) is 3.23. The number of aliphatic hydroxyl groups excluding tert-OH is 2. The molecule has 0 aliphatic carbocycles. The highest BCUT2D eigenvalue weighted by Crippen LogP contribution is 2.15. The molecule has 102 valence electrons. The van der Waals surface area contributed by atoms with Gasteiger partial charge in [-0.05, 0) is 30.3 Å². The number of likely N-dealkylation sites (tertiary alicyclic amines) is 1. The molecule has 2 rings (SSSR count). The fourth-order valence-electron chi connectivity index (χ4n) is 2.27. The smallest absolute Gasteiger partial charge is 0.0900 e. The van der Waals surface area contributed by atoms with Crippen molar-refractivity contribution in [3.8, 4) is 0 Å². The first-order valence-corrected chi connectivity index (χ1v) is 7.27. The Morgan fingerprint density at radius 3 is 3.11 bits per heavy atom. The molecule has 4 nitrogen and oxygen atoms in total. The van der Waals surface area contributed by atoms with Crippen molar-refractivity contribution in [1.82, 2.24) is 4.90 Å². The third-order valence-corrected chi connectivity index (χ3v) is 4.08. The van der Waals surface area contributed by atoms with E-state index in [1.165, 1.54) is 4.88 Å². The van der Waals surface area contributed by atoms with Crippen LogP contribution in [0.1, 0.15) is 11.3 Å². The van der Waals surface area contributed by atoms with E-state index >= 15 is 0 Å². The Bertz CT molecular complexity index is 331. The molecular formula is C13H21NO3S. The molecule has 2 atom stereocenters. The van der Waals surface area contributed by atoms with Crippen LogP contribution in [-0.4, -0.2) is 54.1 Å². The van der Waals surface area contributed by atoms with Gasteiger partial charge in [0, 0.05) is 24.6 Å². The first-order chi connectivity index (χ1) is 8.78. The molecule has 5 heteroatoms. The van der Waals surface area contributed by atoms with Gasteiger partial charge in [-0.3, -0.25) is 0 Å². The molecule has 0 amide bonds. The molecule has 0 spiro atoms. The molecule has 0 saturated carbocycles. The fourth-order valence-corrected chi connectivity index (χ4v) is 2.91. The molecule has 1 aliphatic rings. The van der Waals surface area contributed by atoms with Crippen molar-refractivity contribution < 1.29 is 14.9 Å². The zero-order chi connectivity index (χ0) is 12.8. The second-order valence-electron chi connectivity index (χ2n) is 4.85. The topological polar surface area (TPSA) is 52.9 Å². The minimum absolute atomic E-state index is 0.251. The monoisotopic (exact) mass is 271 g/mol. The Hall–Kier alpha value is -0.460. The van der Waals surface area contributed by atoms with Gasteiger partial charge in [0.15, 0.2) is 0 Å². The third kappa shape index (κ3) is 4.33. The SMILES string of the molecule is OCC1CCN(CC(O)COCc2cccs2)C1. The number of nitrogens with zero attached hydrogens (tertiary/aromatic N) is 1. The molecular weight excluding hydrogens is 250 g/mol. The highest BCUT2D eigenvalue weighted by atomic mass is 32.1. The summed E-state index contributed by atoms with van der Waals surface area (Å²) >= 11 is 1.67. The van der Waals surface area contributed by atoms with Gasteiger partial charge in [-0.1, -0.05) is 6.07 Å². The molecule has 1 fully saturated rings. The number of ether oxygens (including phenoxy) is 1. The van der Waals surface area contributed by atoms with Gasteiger partial charge in [0.2, 0.25) is 0 Å². The highest BCUT2D eigenvalue weighted by molar-refractivity contribution is 7.09. The zero-order valence-corrected chi connectivity index (χ0v) is 11.3. The summed E-state index contributed by atoms with van der Waals surface area (Å²) in [6.45, 7) is 3.69. The summed E-state index contributed by atoms with van der Waals surface area (Å²) in [4.78, 5) is 3.38. The van der Waals surface area contributed by atoms with Crippen molar-refractivity contribution in [2.24, 2.45) is 5.92 Å². The van der Waals surface area contributed by atoms with Crippen LogP contribution in [0.2, 0.25) is 0 Å². The van der Waals surface area contributed by atoms with E-state index in [4.69, 9.17) is 9.84 Å². The van der Waals surface area contributed by atoms with Crippen LogP contribution < -0.4 is 0 Å². The van der Waals surface area contributed by atoms with Crippen molar-refractivity contribution in [1.29, 1.82) is 0 Å². The van der Waals surface area contributed by atoms with Crippen LogP contribution >= 0.6 is 11.3 Å². The summed E-state index contributed by atoms with van der Waals surface area (Å²) in [5.74, 6) is 0.379. The van der Waals surface area contributed by atoms with Gasteiger partial charge in [0.1, 0.15) is 0 Å². The summed E-state index contributed by atoms with van der Waals surface area (Å²) < 4.78 is 5.49. The number of hydrogen-bond acceptors (Lipinski definition) is 5. The second-order valence-corrected chi connectivity index (χ2v) is 5.88. The lowest BCUT2D eigenvalue weighted by atomic mass is 10.1. The second kappa shape index (κ2) is 7.21. The Kier molecular flexibility index (Phi) is 5.59. The van der Waals surface area contributed by atoms with Crippen LogP contribution in [-0.2, 0) is 11.3 Å². The van der Waals surface area contributed by atoms with Crippen molar-refractivity contribution >= 4 is 11.3 Å². The van der Waals surface area contributed by atoms with Crippen LogP contribution in [0.3, 0.4) is 0 Å². The predicted molar refractivity (Wildman–Crippen MR) is 71.6 cm³/mol. The van der Waals surface area contributed by atoms with Crippen molar-refractivity contribution in [2.45, 2.75) is 19.1 Å². The van der Waals surface area contributed by atoms with Crippen LogP contribution in [0, 0.1) is 5.92 Å². The van der Waals surface area contributed by atoms with Crippen molar-refractivity contribution in [2.75, 3.05) is 32.8 Å². The molecule has 0 bridgehead atoms. The van der Waals surface area contributed by atoms with E-state index in [0.717, 1.165) is 19.5 Å². The van der Waals surface area contributed by atoms with Gasteiger partial charge >= 0.3 is 0 Å². The van der Waals surface area contributed by atoms with Crippen molar-refractivity contribution in [3.63, 3.8) is 0 Å². The lowest BCUT2D eigenvalue weighted by Crippen LogP contribution is -2.33. The Balaban J connectivity index is 1.59. The molecule has 1 aromatic rings. The summed E-state index contributed by atoms with van der Waals surface area (Å²) in [5.41, 5.74) is 0. The van der Waals surface area contributed by atoms with Gasteiger partial charge < -0.3 is 19.8 Å². The van der Waals surface area contributed by atoms with Gasteiger partial charge in [-0.25, -0.2) is 0 Å². The highest BCUT2D eigenvalue weighted by Gasteiger charge is 2.23. The maximum absolute atomic E-state index is 9.87. The Morgan fingerprint density at radius 2 is 2.44 bits per heavy atom. The number of rotatable bonds is 7. The average molecular weight is 271 g/mol. The zero-order valence-electron chi connectivity index (χ0n) is 10.5. The molecule has 1 saturated heterocycles. The summed E-state index contributed by atoms with van der Waals surface area (Å²) in [6.07, 6.45) is 0.585. The summed E-state index contributed by atoms with van der Waals surface area (Å²) in [6, 6.07) is 4.03. The predicted octanol–water partition coefficient (Wildman–Crippen LogP) is 0.940. The summed E-state index contributed by atoms with van der Waals surface area (Å²) in [7, 11) is 0. The number of thiophene rings is 1. The van der Waals surface area contributed by atoms with Gasteiger partial charge in [-0.2, -0.15) is 0 Å². The Morgan fingerprint density at radius 1 is 1.56 bits per heavy atom. The lowest BCUT2D eigenvalue weighted by Gasteiger charge is -2.19. The molecule has 1 aliphatic heterocycles. The first kappa shape index (κ1) is 14.0. The molecule has 0 radical (unpaired) electrons. The van der Waals surface area contributed by atoms with Gasteiger partial charge in [0.25, 0.3) is 0 Å². The number of β-amino-alcohol motifs (C(OH)–C–C–N with tert-alkyl or cyclic N) is 1. The van der Waals surface area contributed by atoms with E-state index in [1.54, 1.807) is 11.3 Å². The minimum atomic E-state index is -0.442. The maximum Gasteiger partial charge on any atom is 0.0900 e. The van der Waals surface area contributed by atoms with E-state index in [2.05, 4.69) is 4.90 Å². The molecule has 18 heavy (non-hydrogen) atoms. The Labute approximate surface area is 112 Å². The number of aliphatic hydroxyl groups is 2. The molecule has 2 heterocycles. The van der Waals surface area contributed by atoms with Crippen LogP contribution in [0.5, 0.6) is 0 Å². The van der Waals surface area contributed by atoms with Crippen LogP contribution in [0.15, 0.2) is 17.5 Å². The minimum Gasteiger partial charge on any atom is -0.396 e. The quantitative estimate of drug-likeness (QED) is 0.775. The normalized spacial score (nSPS) is 22.4. The molecule has 2 N–H and O–H groups in total. The van der Waals surface area contributed by atoms with E-state index < -0.39 is 6.10 Å². The van der Waals surface area contributed by atoms with Crippen molar-refractivity contribution in [3.05, 3.63) is 22.4 Å². The van der Waals surface area contributed by atoms with Gasteiger partial charge in [-0.15, -0.1) is 11.3 Å². The van der Waals surface area contributed by atoms with E-state index in [9.17, 15) is 5.11 Å². The first-order valence-electron chi connectivity index (χ1n) is 6.39. The lowest BCUT2D eigenvalue weighted by molar-refractivity contribution is 0.0134. The van der Waals surface area contributed by atoms with Crippen LogP contribution in [0.25, 0.3) is 0 Å². The largest absolute Gasteiger partial charge is 0.396 e. The number of hydrogen-bond donors (Lipinski definition) is 2. The standard InChI is InChI=1S/C13H21NO3S/c15-8-11-3-4-14(6-11)7-12(16)9-17-10-13-2-1-5-18-13/h1-2,5,11-12,15-16H,3-4,6-10H2. The van der Waals surface area contributed by atoms with Crippen LogP contribution in [0.4, 0.5) is 0 Å². The molecule has 1 aromatic heterocycles. The molecule has 2 unspecified atom stereocenters. The average Bonchev–Trinajstić information content (AvgIpc) is 3.00. The van der Waals surface area contributed by atoms with Gasteiger partial charge in [0.05, 0.1) is 19.3 Å². The molecule has 0 aromatic carbocycles. The van der Waals surface area contributed by atoms with E-state index in [0.29, 0.717) is 25.7 Å². The van der Waals surface area contributed by atoms with E-state index in [1.807, 2.05) is 17.5 Å². The summed E-state index contributed by atoms with van der Waals surface area (Å²) in [5, 5.41) is 20.9.